The number of benzene rings is 3. The fourth-order valence-corrected chi connectivity index (χ4v) is 7.20. The Morgan fingerprint density at radius 2 is 1.76 bits per heavy atom. The highest BCUT2D eigenvalue weighted by atomic mass is 32.2. The molecule has 4 N–H and O–H groups in total. The number of methoxy groups -OCH3 is 2. The van der Waals surface area contributed by atoms with E-state index in [0.717, 1.165) is 6.07 Å². The number of likely N-dealkylation sites (tertiary alicyclic amines) is 1. The first-order valence-electron chi connectivity index (χ1n) is 14.6. The van der Waals surface area contributed by atoms with E-state index in [1.165, 1.54) is 51.2 Å². The van der Waals surface area contributed by atoms with Crippen LogP contribution >= 0.6 is 0 Å². The van der Waals surface area contributed by atoms with Gasteiger partial charge in [-0.25, -0.2) is 17.8 Å². The van der Waals surface area contributed by atoms with E-state index in [0.29, 0.717) is 22.3 Å². The van der Waals surface area contributed by atoms with Crippen LogP contribution in [0.3, 0.4) is 0 Å². The molecule has 1 aliphatic heterocycles. The summed E-state index contributed by atoms with van der Waals surface area (Å²) in [6.45, 7) is 3.06. The van der Waals surface area contributed by atoms with Crippen molar-refractivity contribution in [3.05, 3.63) is 83.8 Å². The number of halogens is 1. The molecule has 11 nitrogen and oxygen atoms in total. The molecule has 13 heteroatoms. The van der Waals surface area contributed by atoms with Gasteiger partial charge in [0.1, 0.15) is 17.7 Å². The lowest BCUT2D eigenvalue weighted by Gasteiger charge is -2.33. The molecule has 2 heterocycles. The van der Waals surface area contributed by atoms with E-state index in [-0.39, 0.29) is 40.5 Å². The number of nitrogens with zero attached hydrogens (tertiary/aromatic N) is 2. The average molecular weight is 651 g/mol. The number of nitrogens with two attached hydrogens (primary N) is 1. The minimum absolute atomic E-state index is 0.0104. The summed E-state index contributed by atoms with van der Waals surface area (Å²) in [4.78, 5) is 32.6. The lowest BCUT2D eigenvalue weighted by Crippen LogP contribution is -2.40. The third kappa shape index (κ3) is 5.89. The zero-order chi connectivity index (χ0) is 33.3. The number of hydrogen-bond acceptors (Lipinski definition) is 9. The Hall–Kier alpha value is -4.91. The molecule has 0 saturated carbocycles. The second kappa shape index (κ2) is 12.8. The maximum atomic E-state index is 15.8. The molecule has 3 atom stereocenters. The van der Waals surface area contributed by atoms with Crippen molar-refractivity contribution >= 4 is 44.0 Å². The molecule has 1 aliphatic rings. The number of carbonyl (C=O) groups excluding carboxylic acids is 1. The van der Waals surface area contributed by atoms with Gasteiger partial charge < -0.3 is 30.5 Å². The summed E-state index contributed by atoms with van der Waals surface area (Å²) < 4.78 is 53.3. The van der Waals surface area contributed by atoms with E-state index in [9.17, 15) is 23.1 Å². The van der Waals surface area contributed by atoms with Crippen LogP contribution in [0.1, 0.15) is 43.5 Å². The van der Waals surface area contributed by atoms with Crippen LogP contribution in [0, 0.1) is 11.7 Å². The van der Waals surface area contributed by atoms with Gasteiger partial charge in [0.05, 0.1) is 36.3 Å². The van der Waals surface area contributed by atoms with Gasteiger partial charge in [0.2, 0.25) is 5.91 Å². The fourth-order valence-electron chi connectivity index (χ4n) is 5.91. The molecule has 1 aromatic heterocycles. The van der Waals surface area contributed by atoms with Crippen LogP contribution in [0.2, 0.25) is 0 Å². The normalized spacial score (nSPS) is 17.2. The van der Waals surface area contributed by atoms with Crippen molar-refractivity contribution < 1.29 is 37.0 Å². The first kappa shape index (κ1) is 32.5. The molecule has 0 spiro atoms. The molecule has 1 unspecified atom stereocenters. The molecular weight excluding hydrogens is 615 g/mol. The number of rotatable bonds is 10. The van der Waals surface area contributed by atoms with Crippen molar-refractivity contribution in [2.45, 2.75) is 42.5 Å². The summed E-state index contributed by atoms with van der Waals surface area (Å²) in [5.74, 6) is -3.12. The molecule has 0 bridgehead atoms. The number of carbonyl (C=O) groups is 2. The summed E-state index contributed by atoms with van der Waals surface area (Å²) in [6, 6.07) is 12.9. The Balaban J connectivity index is 1.66. The molecule has 3 aromatic carbocycles. The van der Waals surface area contributed by atoms with Crippen LogP contribution in [0.15, 0.2) is 71.8 Å². The number of nitrogen functional groups attached to an aromatic ring is 1. The Labute approximate surface area is 266 Å². The largest absolute Gasteiger partial charge is 0.493 e. The van der Waals surface area contributed by atoms with Gasteiger partial charge in [0, 0.05) is 35.4 Å². The lowest BCUT2D eigenvalue weighted by atomic mass is 9.93. The number of aliphatic carboxylic acids is 1. The lowest BCUT2D eigenvalue weighted by molar-refractivity contribution is -0.143. The van der Waals surface area contributed by atoms with Crippen LogP contribution in [0.5, 0.6) is 11.5 Å². The SMILES string of the molecule is COc1cc(F)c(C(Nc2ccc3c(N)nccc3c2)C(=O)N2CC[C@H](C(=O)O)[C@@H]2c2ccccc2S(=O)(=O)C(C)C)cc1OC. The number of aromatic nitrogens is 1. The molecule has 0 aliphatic carbocycles. The average Bonchev–Trinajstić information content (AvgIpc) is 3.49. The third-order valence-electron chi connectivity index (χ3n) is 8.33. The number of amides is 1. The summed E-state index contributed by atoms with van der Waals surface area (Å²) in [5.41, 5.74) is 6.57. The number of ether oxygens (including phenoxy) is 2. The summed E-state index contributed by atoms with van der Waals surface area (Å²) in [5, 5.41) is 14.0. The van der Waals surface area contributed by atoms with Crippen molar-refractivity contribution in [3.63, 3.8) is 0 Å². The zero-order valence-corrected chi connectivity index (χ0v) is 26.5. The Morgan fingerprint density at radius 3 is 2.43 bits per heavy atom. The van der Waals surface area contributed by atoms with Crippen LogP contribution < -0.4 is 20.5 Å². The number of carboxylic acid groups (broad SMARTS) is 1. The molecule has 1 amide bonds. The molecule has 1 saturated heterocycles. The van der Waals surface area contributed by atoms with Gasteiger partial charge in [-0.2, -0.15) is 0 Å². The van der Waals surface area contributed by atoms with Gasteiger partial charge in [0.25, 0.3) is 0 Å². The van der Waals surface area contributed by atoms with Gasteiger partial charge in [-0.05, 0) is 67.6 Å². The van der Waals surface area contributed by atoms with Crippen LogP contribution in [-0.4, -0.2) is 61.3 Å². The van der Waals surface area contributed by atoms with Crippen LogP contribution in [0.25, 0.3) is 10.8 Å². The standard InChI is InChI=1S/C33H35FN4O7S/c1-18(2)46(42,43)28-8-6-5-7-22(28)30-23(33(40)41)12-14-38(30)32(39)29(24-16-26(44-3)27(45-4)17-25(24)34)37-20-9-10-21-19(15-20)11-13-36-31(21)35/h5-11,13,15-18,23,29-30,37H,12,14H2,1-4H3,(H2,35,36)(H,40,41)/t23-,29?,30-/m0/s1. The first-order chi connectivity index (χ1) is 21.9. The summed E-state index contributed by atoms with van der Waals surface area (Å²) >= 11 is 0. The van der Waals surface area contributed by atoms with Gasteiger partial charge >= 0.3 is 5.97 Å². The minimum atomic E-state index is -3.86. The van der Waals surface area contributed by atoms with Crippen LogP contribution in [-0.2, 0) is 19.4 Å². The van der Waals surface area contributed by atoms with E-state index in [1.807, 2.05) is 0 Å². The highest BCUT2D eigenvalue weighted by molar-refractivity contribution is 7.92. The predicted octanol–water partition coefficient (Wildman–Crippen LogP) is 4.98. The maximum Gasteiger partial charge on any atom is 0.309 e. The van der Waals surface area contributed by atoms with E-state index in [2.05, 4.69) is 10.3 Å². The summed E-state index contributed by atoms with van der Waals surface area (Å²) in [6.07, 6.45) is 1.60. The smallest absolute Gasteiger partial charge is 0.309 e. The quantitative estimate of drug-likeness (QED) is 0.213. The van der Waals surface area contributed by atoms with Crippen molar-refractivity contribution in [1.82, 2.24) is 9.88 Å². The number of sulfone groups is 1. The third-order valence-corrected chi connectivity index (χ3v) is 10.6. The highest BCUT2D eigenvalue weighted by Gasteiger charge is 2.46. The fraction of sp³-hybridized carbons (Fsp3) is 0.303. The second-order valence-electron chi connectivity index (χ2n) is 11.3. The molecule has 242 valence electrons. The van der Waals surface area contributed by atoms with E-state index >= 15 is 4.39 Å². The van der Waals surface area contributed by atoms with Crippen LogP contribution in [0.4, 0.5) is 15.9 Å². The Morgan fingerprint density at radius 1 is 1.07 bits per heavy atom. The number of nitrogens with one attached hydrogen (secondary N) is 1. The Bertz CT molecular complexity index is 1920. The van der Waals surface area contributed by atoms with Gasteiger partial charge in [-0.3, -0.25) is 9.59 Å². The van der Waals surface area contributed by atoms with E-state index < -0.39 is 50.8 Å². The van der Waals surface area contributed by atoms with Gasteiger partial charge in [-0.1, -0.05) is 18.2 Å². The molecular formula is C33H35FN4O7S. The van der Waals surface area contributed by atoms with Crippen molar-refractivity contribution in [1.29, 1.82) is 0 Å². The summed E-state index contributed by atoms with van der Waals surface area (Å²) in [7, 11) is -1.13. The Kier molecular flexibility index (Phi) is 9.06. The van der Waals surface area contributed by atoms with E-state index in [1.54, 1.807) is 42.6 Å². The molecule has 46 heavy (non-hydrogen) atoms. The second-order valence-corrected chi connectivity index (χ2v) is 13.8. The van der Waals surface area contributed by atoms with Gasteiger partial charge in [-0.15, -0.1) is 0 Å². The highest BCUT2D eigenvalue weighted by Crippen LogP contribution is 2.43. The minimum Gasteiger partial charge on any atom is -0.493 e. The zero-order valence-electron chi connectivity index (χ0n) is 25.7. The molecule has 0 radical (unpaired) electrons. The first-order valence-corrected chi connectivity index (χ1v) is 16.1. The molecule has 1 fully saturated rings. The topological polar surface area (TPSA) is 161 Å². The number of hydrogen-bond donors (Lipinski definition) is 3. The monoisotopic (exact) mass is 650 g/mol. The molecule has 4 aromatic rings. The van der Waals surface area contributed by atoms with Crippen molar-refractivity contribution in [3.8, 4) is 11.5 Å². The van der Waals surface area contributed by atoms with E-state index in [4.69, 9.17) is 15.2 Å². The van der Waals surface area contributed by atoms with Gasteiger partial charge in [0.15, 0.2) is 21.3 Å². The maximum absolute atomic E-state index is 15.8. The molecule has 5 rings (SSSR count). The van der Waals surface area contributed by atoms with Crippen molar-refractivity contribution in [2.24, 2.45) is 5.92 Å². The number of carboxylic acids is 1. The number of anilines is 2. The number of fused-ring (bicyclic) bond motifs is 1. The predicted molar refractivity (Wildman–Crippen MR) is 171 cm³/mol. The number of pyridine rings is 1. The van der Waals surface area contributed by atoms with Crippen molar-refractivity contribution in [2.75, 3.05) is 31.8 Å².